The van der Waals surface area contributed by atoms with Crippen LogP contribution in [-0.2, 0) is 5.54 Å². The molecule has 17 heavy (non-hydrogen) atoms. The van der Waals surface area contributed by atoms with Crippen LogP contribution in [0, 0.1) is 5.92 Å². The highest BCUT2D eigenvalue weighted by atomic mass is 16.3. The second-order valence-corrected chi connectivity index (χ2v) is 4.49. The Hall–Kier alpha value is -1.58. The molecule has 1 aromatic rings. The first kappa shape index (κ1) is 11.9. The van der Waals surface area contributed by atoms with Crippen LogP contribution in [0.4, 0.5) is 0 Å². The molecule has 3 unspecified atom stereocenters. The van der Waals surface area contributed by atoms with Crippen LogP contribution in [0.3, 0.4) is 0 Å². The van der Waals surface area contributed by atoms with Crippen molar-refractivity contribution in [3.63, 3.8) is 0 Å². The standard InChI is InChI=1S/C14H17NO2/c1-10(16)13-4-2-3-9-14(13,15)11-5-7-12(17)8-6-11/h2-10,13,16-17H,15H2,1H3. The largest absolute Gasteiger partial charge is 0.508 e. The van der Waals surface area contributed by atoms with E-state index in [2.05, 4.69) is 0 Å². The first-order chi connectivity index (χ1) is 8.04. The third-order valence-corrected chi connectivity index (χ3v) is 3.24. The van der Waals surface area contributed by atoms with Gasteiger partial charge >= 0.3 is 0 Å². The zero-order valence-electron chi connectivity index (χ0n) is 9.75. The van der Waals surface area contributed by atoms with Gasteiger partial charge in [0.2, 0.25) is 0 Å². The lowest BCUT2D eigenvalue weighted by atomic mass is 9.74. The number of hydrogen-bond donors (Lipinski definition) is 3. The quantitative estimate of drug-likeness (QED) is 0.725. The van der Waals surface area contributed by atoms with Gasteiger partial charge in [0, 0.05) is 5.92 Å². The van der Waals surface area contributed by atoms with Gasteiger partial charge in [0.25, 0.3) is 0 Å². The van der Waals surface area contributed by atoms with Crippen molar-refractivity contribution in [2.75, 3.05) is 0 Å². The molecule has 0 fully saturated rings. The van der Waals surface area contributed by atoms with E-state index in [9.17, 15) is 10.2 Å². The Bertz CT molecular complexity index is 448. The van der Waals surface area contributed by atoms with E-state index in [1.165, 1.54) is 0 Å². The summed E-state index contributed by atoms with van der Waals surface area (Å²) >= 11 is 0. The molecular formula is C14H17NO2. The number of aliphatic hydroxyl groups is 1. The molecular weight excluding hydrogens is 214 g/mol. The number of aromatic hydroxyl groups is 1. The van der Waals surface area contributed by atoms with Gasteiger partial charge in [0.15, 0.2) is 0 Å². The van der Waals surface area contributed by atoms with Crippen molar-refractivity contribution in [1.82, 2.24) is 0 Å². The summed E-state index contributed by atoms with van der Waals surface area (Å²) in [5, 5.41) is 19.1. The Labute approximate surface area is 101 Å². The normalized spacial score (nSPS) is 29.2. The van der Waals surface area contributed by atoms with E-state index >= 15 is 0 Å². The number of phenols is 1. The highest BCUT2D eigenvalue weighted by molar-refractivity contribution is 5.39. The van der Waals surface area contributed by atoms with E-state index in [-0.39, 0.29) is 11.7 Å². The summed E-state index contributed by atoms with van der Waals surface area (Å²) in [5.74, 6) is 0.0401. The van der Waals surface area contributed by atoms with Gasteiger partial charge < -0.3 is 15.9 Å². The number of aliphatic hydroxyl groups excluding tert-OH is 1. The highest BCUT2D eigenvalue weighted by Crippen LogP contribution is 2.35. The van der Waals surface area contributed by atoms with Gasteiger partial charge in [0.05, 0.1) is 11.6 Å². The van der Waals surface area contributed by atoms with Crippen molar-refractivity contribution in [2.24, 2.45) is 11.7 Å². The van der Waals surface area contributed by atoms with E-state index in [0.717, 1.165) is 5.56 Å². The summed E-state index contributed by atoms with van der Waals surface area (Å²) < 4.78 is 0. The second kappa shape index (κ2) is 4.35. The molecule has 3 nitrogen and oxygen atoms in total. The average molecular weight is 231 g/mol. The van der Waals surface area contributed by atoms with Gasteiger partial charge in [-0.25, -0.2) is 0 Å². The van der Waals surface area contributed by atoms with Crippen LogP contribution in [0.5, 0.6) is 5.75 Å². The molecule has 0 radical (unpaired) electrons. The van der Waals surface area contributed by atoms with Crippen LogP contribution >= 0.6 is 0 Å². The molecule has 1 aliphatic rings. The Morgan fingerprint density at radius 2 is 1.88 bits per heavy atom. The minimum absolute atomic E-state index is 0.169. The fourth-order valence-corrected chi connectivity index (χ4v) is 2.27. The predicted octanol–water partition coefficient (Wildman–Crippen LogP) is 1.67. The van der Waals surface area contributed by atoms with E-state index in [1.807, 2.05) is 24.3 Å². The van der Waals surface area contributed by atoms with Crippen molar-refractivity contribution >= 4 is 0 Å². The van der Waals surface area contributed by atoms with Crippen LogP contribution in [0.2, 0.25) is 0 Å². The fraction of sp³-hybridized carbons (Fsp3) is 0.286. The van der Waals surface area contributed by atoms with Gasteiger partial charge in [-0.15, -0.1) is 0 Å². The summed E-state index contributed by atoms with van der Waals surface area (Å²) in [4.78, 5) is 0. The second-order valence-electron chi connectivity index (χ2n) is 4.49. The molecule has 0 amide bonds. The van der Waals surface area contributed by atoms with Crippen LogP contribution in [0.1, 0.15) is 12.5 Å². The molecule has 1 aliphatic carbocycles. The maximum absolute atomic E-state index is 9.81. The van der Waals surface area contributed by atoms with Crippen LogP contribution in [0.15, 0.2) is 48.6 Å². The first-order valence-corrected chi connectivity index (χ1v) is 5.66. The highest BCUT2D eigenvalue weighted by Gasteiger charge is 2.36. The lowest BCUT2D eigenvalue weighted by molar-refractivity contribution is 0.114. The SMILES string of the molecule is CC(O)C1C=CC=CC1(N)c1ccc(O)cc1. The molecule has 3 heteroatoms. The molecule has 0 aliphatic heterocycles. The molecule has 2 rings (SSSR count). The molecule has 0 aromatic heterocycles. The number of hydrogen-bond acceptors (Lipinski definition) is 3. The maximum Gasteiger partial charge on any atom is 0.115 e. The van der Waals surface area contributed by atoms with Gasteiger partial charge in [-0.2, -0.15) is 0 Å². The molecule has 3 atom stereocenters. The molecule has 90 valence electrons. The molecule has 0 spiro atoms. The minimum Gasteiger partial charge on any atom is -0.508 e. The molecule has 1 aromatic carbocycles. The van der Waals surface area contributed by atoms with E-state index in [0.29, 0.717) is 0 Å². The van der Waals surface area contributed by atoms with Crippen molar-refractivity contribution in [2.45, 2.75) is 18.6 Å². The molecule has 0 saturated heterocycles. The molecule has 0 saturated carbocycles. The van der Waals surface area contributed by atoms with Crippen molar-refractivity contribution in [3.8, 4) is 5.75 Å². The lowest BCUT2D eigenvalue weighted by Gasteiger charge is -2.37. The Balaban J connectivity index is 2.42. The van der Waals surface area contributed by atoms with Crippen LogP contribution < -0.4 is 5.73 Å². The zero-order valence-corrected chi connectivity index (χ0v) is 9.75. The third-order valence-electron chi connectivity index (χ3n) is 3.24. The van der Waals surface area contributed by atoms with Crippen LogP contribution in [-0.4, -0.2) is 16.3 Å². The minimum atomic E-state index is -0.726. The Morgan fingerprint density at radius 1 is 1.24 bits per heavy atom. The summed E-state index contributed by atoms with van der Waals surface area (Å²) in [6.45, 7) is 1.73. The lowest BCUT2D eigenvalue weighted by Crippen LogP contribution is -2.46. The predicted molar refractivity (Wildman–Crippen MR) is 67.4 cm³/mol. The summed E-state index contributed by atoms with van der Waals surface area (Å²) in [5.41, 5.74) is 6.55. The summed E-state index contributed by atoms with van der Waals surface area (Å²) in [7, 11) is 0. The van der Waals surface area contributed by atoms with E-state index in [4.69, 9.17) is 5.73 Å². The Kier molecular flexibility index (Phi) is 3.05. The zero-order chi connectivity index (χ0) is 12.5. The third kappa shape index (κ3) is 2.12. The van der Waals surface area contributed by atoms with Gasteiger partial charge in [-0.1, -0.05) is 36.4 Å². The fourth-order valence-electron chi connectivity index (χ4n) is 2.27. The number of allylic oxidation sites excluding steroid dienone is 2. The van der Waals surface area contributed by atoms with Gasteiger partial charge in [-0.3, -0.25) is 0 Å². The molecule has 0 bridgehead atoms. The molecule has 0 heterocycles. The molecule has 4 N–H and O–H groups in total. The summed E-state index contributed by atoms with van der Waals surface area (Å²) in [6, 6.07) is 6.78. The van der Waals surface area contributed by atoms with Crippen molar-refractivity contribution < 1.29 is 10.2 Å². The number of nitrogens with two attached hydrogens (primary N) is 1. The smallest absolute Gasteiger partial charge is 0.115 e. The van der Waals surface area contributed by atoms with Crippen LogP contribution in [0.25, 0.3) is 0 Å². The van der Waals surface area contributed by atoms with Gasteiger partial charge in [-0.05, 0) is 24.6 Å². The summed E-state index contributed by atoms with van der Waals surface area (Å²) in [6.07, 6.45) is 7.04. The topological polar surface area (TPSA) is 66.5 Å². The number of phenolic OH excluding ortho intramolecular Hbond substituents is 1. The maximum atomic E-state index is 9.81. The monoisotopic (exact) mass is 231 g/mol. The number of rotatable bonds is 2. The van der Waals surface area contributed by atoms with Gasteiger partial charge in [0.1, 0.15) is 5.75 Å². The number of benzene rings is 1. The average Bonchev–Trinajstić information content (AvgIpc) is 2.29. The van der Waals surface area contributed by atoms with E-state index in [1.54, 1.807) is 31.2 Å². The van der Waals surface area contributed by atoms with Crippen molar-refractivity contribution in [1.29, 1.82) is 0 Å². The van der Waals surface area contributed by atoms with Crippen molar-refractivity contribution in [3.05, 3.63) is 54.1 Å². The first-order valence-electron chi connectivity index (χ1n) is 5.66. The van der Waals surface area contributed by atoms with E-state index < -0.39 is 11.6 Å². The Morgan fingerprint density at radius 3 is 2.47 bits per heavy atom.